The molecule has 7 nitrogen and oxygen atoms in total. The van der Waals surface area contributed by atoms with Gasteiger partial charge < -0.3 is 19.5 Å². The molecule has 0 aliphatic carbocycles. The lowest BCUT2D eigenvalue weighted by atomic mass is 10.0. The minimum absolute atomic E-state index is 0.0130. The zero-order chi connectivity index (χ0) is 26.7. The Morgan fingerprint density at radius 3 is 2.43 bits per heavy atom. The molecule has 1 amide bonds. The van der Waals surface area contributed by atoms with Crippen LogP contribution in [0, 0.1) is 26.6 Å². The Labute approximate surface area is 218 Å². The average molecular weight is 509 g/mol. The third kappa shape index (κ3) is 5.64. The second kappa shape index (κ2) is 11.3. The summed E-state index contributed by atoms with van der Waals surface area (Å²) in [5.41, 5.74) is 6.90. The number of nitrogens with zero attached hydrogens (tertiary/aromatic N) is 3. The van der Waals surface area contributed by atoms with Gasteiger partial charge in [-0.25, -0.2) is 4.39 Å². The number of anilines is 1. The summed E-state index contributed by atoms with van der Waals surface area (Å²) >= 11 is 0. The monoisotopic (exact) mass is 508 g/mol. The number of hydrogen-bond acceptors (Lipinski definition) is 5. The first-order valence-electron chi connectivity index (χ1n) is 12.9. The van der Waals surface area contributed by atoms with Gasteiger partial charge in [-0.1, -0.05) is 13.0 Å². The molecule has 1 aromatic heterocycles. The second-order valence-corrected chi connectivity index (χ2v) is 9.85. The fourth-order valence-electron chi connectivity index (χ4n) is 5.12. The molecule has 8 heteroatoms. The molecule has 1 N–H and O–H groups in total. The lowest BCUT2D eigenvalue weighted by Gasteiger charge is -2.34. The number of methoxy groups -OCH3 is 1. The Hall–Kier alpha value is -3.39. The number of rotatable bonds is 8. The first-order chi connectivity index (χ1) is 17.7. The Kier molecular flexibility index (Phi) is 8.17. The van der Waals surface area contributed by atoms with Crippen molar-refractivity contribution < 1.29 is 18.7 Å². The van der Waals surface area contributed by atoms with Crippen LogP contribution in [-0.4, -0.2) is 66.1 Å². The highest BCUT2D eigenvalue weighted by Crippen LogP contribution is 2.34. The summed E-state index contributed by atoms with van der Waals surface area (Å²) in [6.45, 7) is 12.3. The molecule has 0 unspecified atom stereocenters. The maximum atomic E-state index is 13.6. The standard InChI is InChI=1S/C29H37FN4O3/c1-6-9-34-21(4)20(3)25-15-23(29(36)33-12-10-32(11-13-33)18-27(35)37-5)16-26(28(25)34)31-17-22-7-8-24(30)14-19(22)2/h7-8,14-16,31H,6,9-13,17-18H2,1-5H3. The van der Waals surface area contributed by atoms with Crippen LogP contribution in [-0.2, 0) is 22.6 Å². The number of fused-ring (bicyclic) bond motifs is 1. The number of benzene rings is 2. The van der Waals surface area contributed by atoms with Gasteiger partial charge in [0, 0.05) is 55.9 Å². The molecule has 37 heavy (non-hydrogen) atoms. The van der Waals surface area contributed by atoms with Crippen LogP contribution in [0.4, 0.5) is 10.1 Å². The van der Waals surface area contributed by atoms with Crippen LogP contribution in [0.3, 0.4) is 0 Å². The molecule has 1 aliphatic heterocycles. The van der Waals surface area contributed by atoms with E-state index in [4.69, 9.17) is 4.74 Å². The summed E-state index contributed by atoms with van der Waals surface area (Å²) in [7, 11) is 1.39. The highest BCUT2D eigenvalue weighted by molar-refractivity contribution is 6.04. The fraction of sp³-hybridized carbons (Fsp3) is 0.448. The molecule has 1 saturated heterocycles. The highest BCUT2D eigenvalue weighted by Gasteiger charge is 2.25. The lowest BCUT2D eigenvalue weighted by Crippen LogP contribution is -2.50. The van der Waals surface area contributed by atoms with Gasteiger partial charge in [0.15, 0.2) is 0 Å². The van der Waals surface area contributed by atoms with Crippen molar-refractivity contribution >= 4 is 28.5 Å². The van der Waals surface area contributed by atoms with Crippen molar-refractivity contribution in [2.75, 3.05) is 45.2 Å². The Balaban J connectivity index is 1.65. The van der Waals surface area contributed by atoms with Gasteiger partial charge in [-0.2, -0.15) is 0 Å². The van der Waals surface area contributed by atoms with Crippen molar-refractivity contribution in [3.05, 3.63) is 64.1 Å². The zero-order valence-corrected chi connectivity index (χ0v) is 22.5. The minimum atomic E-state index is -0.264. The van der Waals surface area contributed by atoms with Crippen molar-refractivity contribution in [3.8, 4) is 0 Å². The zero-order valence-electron chi connectivity index (χ0n) is 22.5. The summed E-state index contributed by atoms with van der Waals surface area (Å²) in [6, 6.07) is 8.80. The lowest BCUT2D eigenvalue weighted by molar-refractivity contribution is -0.142. The number of nitrogens with one attached hydrogen (secondary N) is 1. The number of ether oxygens (including phenoxy) is 1. The van der Waals surface area contributed by atoms with Crippen LogP contribution in [0.15, 0.2) is 30.3 Å². The smallest absolute Gasteiger partial charge is 0.319 e. The molecule has 3 aromatic rings. The summed E-state index contributed by atoms with van der Waals surface area (Å²) in [5.74, 6) is -0.522. The van der Waals surface area contributed by atoms with E-state index in [9.17, 15) is 14.0 Å². The van der Waals surface area contributed by atoms with Crippen molar-refractivity contribution in [3.63, 3.8) is 0 Å². The van der Waals surface area contributed by atoms with Crippen LogP contribution in [0.1, 0.15) is 46.1 Å². The fourth-order valence-corrected chi connectivity index (χ4v) is 5.12. The van der Waals surface area contributed by atoms with Gasteiger partial charge in [0.1, 0.15) is 5.82 Å². The number of aromatic nitrogens is 1. The highest BCUT2D eigenvalue weighted by atomic mass is 19.1. The molecular formula is C29H37FN4O3. The molecule has 2 heterocycles. The minimum Gasteiger partial charge on any atom is -0.468 e. The van der Waals surface area contributed by atoms with E-state index in [0.717, 1.165) is 40.7 Å². The van der Waals surface area contributed by atoms with E-state index < -0.39 is 0 Å². The maximum absolute atomic E-state index is 13.6. The molecule has 0 saturated carbocycles. The van der Waals surface area contributed by atoms with Gasteiger partial charge in [0.05, 0.1) is 24.9 Å². The number of hydrogen-bond donors (Lipinski definition) is 1. The van der Waals surface area contributed by atoms with Crippen LogP contribution in [0.25, 0.3) is 10.9 Å². The summed E-state index contributed by atoms with van der Waals surface area (Å²) in [4.78, 5) is 29.1. The predicted molar refractivity (Wildman–Crippen MR) is 145 cm³/mol. The van der Waals surface area contributed by atoms with Crippen LogP contribution in [0.2, 0.25) is 0 Å². The molecular weight excluding hydrogens is 471 g/mol. The van der Waals surface area contributed by atoms with Crippen LogP contribution in [0.5, 0.6) is 0 Å². The molecule has 1 fully saturated rings. The number of carbonyl (C=O) groups is 2. The third-order valence-electron chi connectivity index (χ3n) is 7.44. The van der Waals surface area contributed by atoms with E-state index in [0.29, 0.717) is 38.3 Å². The van der Waals surface area contributed by atoms with Crippen LogP contribution < -0.4 is 5.32 Å². The van der Waals surface area contributed by atoms with Crippen molar-refractivity contribution in [2.45, 2.75) is 47.2 Å². The number of piperazine rings is 1. The molecule has 0 atom stereocenters. The number of aryl methyl sites for hydroxylation is 3. The summed E-state index contributed by atoms with van der Waals surface area (Å²) in [6.07, 6.45) is 0.997. The molecule has 4 rings (SSSR count). The number of amides is 1. The molecule has 2 aromatic carbocycles. The van der Waals surface area contributed by atoms with Gasteiger partial charge in [-0.15, -0.1) is 0 Å². The SMILES string of the molecule is CCCn1c(C)c(C)c2cc(C(=O)N3CCN(CC(=O)OC)CC3)cc(NCc3ccc(F)cc3C)c21. The summed E-state index contributed by atoms with van der Waals surface area (Å²) in [5, 5.41) is 4.63. The first-order valence-corrected chi connectivity index (χ1v) is 12.9. The molecule has 1 aliphatic rings. The van der Waals surface area contributed by atoms with E-state index in [1.54, 1.807) is 12.1 Å². The summed E-state index contributed by atoms with van der Waals surface area (Å²) < 4.78 is 20.7. The van der Waals surface area contributed by atoms with Gasteiger partial charge in [-0.05, 0) is 68.1 Å². The van der Waals surface area contributed by atoms with Crippen molar-refractivity contribution in [2.24, 2.45) is 0 Å². The van der Waals surface area contributed by atoms with E-state index in [1.165, 1.54) is 24.4 Å². The average Bonchev–Trinajstić information content (AvgIpc) is 3.13. The normalized spacial score (nSPS) is 14.3. The quantitative estimate of drug-likeness (QED) is 0.449. The number of esters is 1. The molecule has 0 spiro atoms. The second-order valence-electron chi connectivity index (χ2n) is 9.85. The third-order valence-corrected chi connectivity index (χ3v) is 7.44. The number of halogens is 1. The van der Waals surface area contributed by atoms with E-state index in [1.807, 2.05) is 28.9 Å². The van der Waals surface area contributed by atoms with Gasteiger partial charge in [0.2, 0.25) is 0 Å². The van der Waals surface area contributed by atoms with Crippen molar-refractivity contribution in [1.29, 1.82) is 0 Å². The predicted octanol–water partition coefficient (Wildman–Crippen LogP) is 4.66. The first kappa shape index (κ1) is 26.7. The van der Waals surface area contributed by atoms with Gasteiger partial charge in [0.25, 0.3) is 5.91 Å². The molecule has 0 bridgehead atoms. The van der Waals surface area contributed by atoms with E-state index in [2.05, 4.69) is 30.7 Å². The van der Waals surface area contributed by atoms with Gasteiger partial charge >= 0.3 is 5.97 Å². The Bertz CT molecular complexity index is 1310. The topological polar surface area (TPSA) is 66.8 Å². The maximum Gasteiger partial charge on any atom is 0.319 e. The van der Waals surface area contributed by atoms with Crippen molar-refractivity contribution in [1.82, 2.24) is 14.4 Å². The Morgan fingerprint density at radius 1 is 1.05 bits per heavy atom. The molecule has 0 radical (unpaired) electrons. The van der Waals surface area contributed by atoms with E-state index >= 15 is 0 Å². The largest absolute Gasteiger partial charge is 0.468 e. The molecule has 198 valence electrons. The Morgan fingerprint density at radius 2 is 1.78 bits per heavy atom. The van der Waals surface area contributed by atoms with E-state index in [-0.39, 0.29) is 24.2 Å². The van der Waals surface area contributed by atoms with Crippen LogP contribution >= 0.6 is 0 Å². The van der Waals surface area contributed by atoms with Gasteiger partial charge in [-0.3, -0.25) is 14.5 Å². The number of carbonyl (C=O) groups excluding carboxylic acids is 2.